The Morgan fingerprint density at radius 2 is 1.83 bits per heavy atom. The molecule has 3 saturated carbocycles. The first kappa shape index (κ1) is 32.2. The number of aliphatic hydroxyl groups is 2. The molecule has 0 saturated heterocycles. The number of carbonyl (C=O) groups is 4. The molecule has 10 nitrogen and oxygen atoms in total. The van der Waals surface area contributed by atoms with Crippen molar-refractivity contribution in [2.24, 2.45) is 28.6 Å². The summed E-state index contributed by atoms with van der Waals surface area (Å²) < 4.78 is 15.3. The highest BCUT2D eigenvalue weighted by Gasteiger charge is 2.68. The summed E-state index contributed by atoms with van der Waals surface area (Å²) in [6.45, 7) is 9.28. The van der Waals surface area contributed by atoms with Gasteiger partial charge in [0.25, 0.3) is 0 Å². The second kappa shape index (κ2) is 12.1. The number of amides is 1. The summed E-state index contributed by atoms with van der Waals surface area (Å²) in [5.41, 5.74) is -2.52. The molecule has 3 fully saturated rings. The number of carbonyl (C=O) groups excluding carboxylic acids is 4. The van der Waals surface area contributed by atoms with Crippen LogP contribution in [0.15, 0.2) is 23.8 Å². The van der Waals surface area contributed by atoms with Crippen molar-refractivity contribution >= 4 is 23.8 Å². The van der Waals surface area contributed by atoms with Crippen LogP contribution in [0.5, 0.6) is 0 Å². The summed E-state index contributed by atoms with van der Waals surface area (Å²) in [7, 11) is 0. The molecule has 0 aromatic rings. The van der Waals surface area contributed by atoms with E-state index in [4.69, 9.17) is 14.2 Å². The maximum absolute atomic E-state index is 13.3. The van der Waals surface area contributed by atoms with Crippen LogP contribution < -0.4 is 5.32 Å². The highest BCUT2D eigenvalue weighted by atomic mass is 16.7. The maximum Gasteiger partial charge on any atom is 0.508 e. The normalized spacial score (nSPS) is 35.3. The molecule has 42 heavy (non-hydrogen) atoms. The van der Waals surface area contributed by atoms with Crippen LogP contribution in [0.25, 0.3) is 0 Å². The van der Waals surface area contributed by atoms with Crippen LogP contribution in [0, 0.1) is 28.6 Å². The predicted octanol–water partition coefficient (Wildman–Crippen LogP) is 4.41. The molecule has 7 atom stereocenters. The van der Waals surface area contributed by atoms with Crippen molar-refractivity contribution < 1.29 is 43.6 Å². The lowest BCUT2D eigenvalue weighted by Crippen LogP contribution is -2.61. The summed E-state index contributed by atoms with van der Waals surface area (Å²) in [5.74, 6) is -0.597. The van der Waals surface area contributed by atoms with Gasteiger partial charge in [0.15, 0.2) is 12.4 Å². The summed E-state index contributed by atoms with van der Waals surface area (Å²) >= 11 is 0. The van der Waals surface area contributed by atoms with Gasteiger partial charge in [0.05, 0.1) is 12.7 Å². The molecule has 4 rings (SSSR count). The molecule has 0 bridgehead atoms. The molecule has 3 N–H and O–H groups in total. The van der Waals surface area contributed by atoms with E-state index in [1.807, 2.05) is 13.0 Å². The Morgan fingerprint density at radius 3 is 2.55 bits per heavy atom. The molecule has 0 aromatic heterocycles. The smallest absolute Gasteiger partial charge is 0.444 e. The fraction of sp³-hybridized carbons (Fsp3) is 0.750. The minimum absolute atomic E-state index is 0.0148. The van der Waals surface area contributed by atoms with Crippen molar-refractivity contribution in [3.63, 3.8) is 0 Å². The average molecular weight is 590 g/mol. The Kier molecular flexibility index (Phi) is 9.28. The number of nitrogens with one attached hydrogen (secondary N) is 1. The van der Waals surface area contributed by atoms with E-state index >= 15 is 0 Å². The van der Waals surface area contributed by atoms with Gasteiger partial charge in [-0.1, -0.05) is 25.5 Å². The Hall–Kier alpha value is -2.72. The quantitative estimate of drug-likeness (QED) is 0.263. The van der Waals surface area contributed by atoms with E-state index in [2.05, 4.69) is 12.2 Å². The van der Waals surface area contributed by atoms with Crippen LogP contribution >= 0.6 is 0 Å². The van der Waals surface area contributed by atoms with Crippen LogP contribution in [-0.2, 0) is 23.8 Å². The van der Waals surface area contributed by atoms with E-state index in [9.17, 15) is 29.4 Å². The molecule has 0 aliphatic heterocycles. The molecule has 4 aliphatic rings. The largest absolute Gasteiger partial charge is 0.508 e. The third-order valence-corrected chi connectivity index (χ3v) is 10.1. The van der Waals surface area contributed by atoms with Gasteiger partial charge in [0.2, 0.25) is 5.78 Å². The number of ketones is 2. The monoisotopic (exact) mass is 589 g/mol. The number of rotatable bonds is 9. The van der Waals surface area contributed by atoms with Gasteiger partial charge in [-0.25, -0.2) is 9.59 Å². The number of alkyl carbamates (subject to hydrolysis) is 1. The van der Waals surface area contributed by atoms with Gasteiger partial charge < -0.3 is 29.7 Å². The van der Waals surface area contributed by atoms with E-state index in [1.54, 1.807) is 32.9 Å². The molecule has 0 spiro atoms. The van der Waals surface area contributed by atoms with Crippen molar-refractivity contribution in [1.82, 2.24) is 5.32 Å². The number of Topliss-reactive ketones (excluding diaryl/α,β-unsaturated/α-hetero) is 1. The molecule has 0 aromatic carbocycles. The summed E-state index contributed by atoms with van der Waals surface area (Å²) in [6.07, 6.45) is 7.61. The molecule has 0 unspecified atom stereocenters. The molecule has 0 heterocycles. The SMILES string of the molecule is CC(C)(C)OC(=O)NCCCCCOC(=O)OCC(=O)[C@@]1(O)CC[C@H]2[C@@H]3CCC4=CC(=O)C=C[C@]4(C)[C@H]3[C@@H](O)C[C@@]21C. The van der Waals surface area contributed by atoms with Gasteiger partial charge in [-0.3, -0.25) is 9.59 Å². The van der Waals surface area contributed by atoms with Crippen molar-refractivity contribution in [3.05, 3.63) is 23.8 Å². The number of hydrogen-bond donors (Lipinski definition) is 3. The lowest BCUT2D eigenvalue weighted by Gasteiger charge is -2.59. The zero-order valence-corrected chi connectivity index (χ0v) is 25.6. The van der Waals surface area contributed by atoms with Crippen LogP contribution in [0.4, 0.5) is 9.59 Å². The molecule has 0 radical (unpaired) electrons. The van der Waals surface area contributed by atoms with Crippen molar-refractivity contribution in [2.75, 3.05) is 19.8 Å². The second-order valence-electron chi connectivity index (χ2n) is 13.9. The Labute approximate surface area is 248 Å². The van der Waals surface area contributed by atoms with E-state index in [0.29, 0.717) is 32.2 Å². The Balaban J connectivity index is 1.24. The third kappa shape index (κ3) is 6.30. The molecular weight excluding hydrogens is 542 g/mol. The number of fused-ring (bicyclic) bond motifs is 5. The lowest BCUT2D eigenvalue weighted by molar-refractivity contribution is -0.179. The summed E-state index contributed by atoms with van der Waals surface area (Å²) in [5, 5.41) is 25.9. The first-order valence-corrected chi connectivity index (χ1v) is 15.3. The minimum atomic E-state index is -1.72. The highest BCUT2D eigenvalue weighted by Crippen LogP contribution is 2.67. The van der Waals surface area contributed by atoms with Gasteiger partial charge in [0.1, 0.15) is 11.2 Å². The fourth-order valence-corrected chi connectivity index (χ4v) is 8.14. The molecule has 234 valence electrons. The predicted molar refractivity (Wildman–Crippen MR) is 153 cm³/mol. The van der Waals surface area contributed by atoms with Gasteiger partial charge >= 0.3 is 12.2 Å². The van der Waals surface area contributed by atoms with Gasteiger partial charge in [-0.05, 0) is 96.1 Å². The first-order valence-electron chi connectivity index (χ1n) is 15.3. The third-order valence-electron chi connectivity index (χ3n) is 10.1. The first-order chi connectivity index (χ1) is 19.6. The highest BCUT2D eigenvalue weighted by molar-refractivity contribution is 6.01. The zero-order valence-electron chi connectivity index (χ0n) is 25.6. The van der Waals surface area contributed by atoms with Gasteiger partial charge in [-0.2, -0.15) is 0 Å². The fourth-order valence-electron chi connectivity index (χ4n) is 8.14. The second-order valence-corrected chi connectivity index (χ2v) is 13.9. The minimum Gasteiger partial charge on any atom is -0.444 e. The van der Waals surface area contributed by atoms with E-state index < -0.39 is 52.8 Å². The van der Waals surface area contributed by atoms with Crippen molar-refractivity contribution in [2.45, 2.75) is 103 Å². The number of allylic oxidation sites excluding steroid dienone is 4. The molecular formula is C32H47NO9. The van der Waals surface area contributed by atoms with E-state index in [0.717, 1.165) is 18.4 Å². The number of unbranched alkanes of at least 4 members (excludes halogenated alkanes) is 2. The summed E-state index contributed by atoms with van der Waals surface area (Å²) in [6, 6.07) is 0. The average Bonchev–Trinajstić information content (AvgIpc) is 3.16. The van der Waals surface area contributed by atoms with Crippen molar-refractivity contribution in [1.29, 1.82) is 0 Å². The number of hydrogen-bond acceptors (Lipinski definition) is 9. The van der Waals surface area contributed by atoms with Crippen LogP contribution in [-0.4, -0.2) is 71.1 Å². The number of aliphatic hydroxyl groups excluding tert-OH is 1. The lowest BCUT2D eigenvalue weighted by atomic mass is 9.46. The van der Waals surface area contributed by atoms with Gasteiger partial charge in [0, 0.05) is 23.3 Å². The summed E-state index contributed by atoms with van der Waals surface area (Å²) in [4.78, 5) is 49.1. The molecule has 10 heteroatoms. The topological polar surface area (TPSA) is 148 Å². The van der Waals surface area contributed by atoms with Crippen molar-refractivity contribution in [3.8, 4) is 0 Å². The number of ether oxygens (including phenoxy) is 3. The maximum atomic E-state index is 13.3. The zero-order chi connectivity index (χ0) is 30.9. The van der Waals surface area contributed by atoms with E-state index in [-0.39, 0.29) is 43.0 Å². The van der Waals surface area contributed by atoms with Gasteiger partial charge in [-0.15, -0.1) is 0 Å². The van der Waals surface area contributed by atoms with Crippen LogP contribution in [0.3, 0.4) is 0 Å². The molecule has 4 aliphatic carbocycles. The Morgan fingerprint density at radius 1 is 1.10 bits per heavy atom. The Bertz CT molecular complexity index is 1140. The standard InChI is InChI=1S/C32H47NO9/c1-29(2,3)42-27(37)33-15-7-6-8-16-40-28(38)41-19-25(36)32(39)14-12-23-22-10-9-20-17-21(34)11-13-30(20,4)26(22)24(35)18-31(23,32)5/h11,13,17,22-24,26,35,39H,6-10,12,14-16,18-19H2,1-5H3,(H,33,37)/t22-,23-,24-,26+,30-,31-,32-/m0/s1. The van der Waals surface area contributed by atoms with Crippen LogP contribution in [0.2, 0.25) is 0 Å². The molecule has 1 amide bonds. The van der Waals surface area contributed by atoms with Crippen LogP contribution in [0.1, 0.15) is 86.0 Å². The van der Waals surface area contributed by atoms with E-state index in [1.165, 1.54) is 0 Å².